The Labute approximate surface area is 133 Å². The van der Waals surface area contributed by atoms with Gasteiger partial charge in [-0.15, -0.1) is 0 Å². The van der Waals surface area contributed by atoms with Gasteiger partial charge in [0.2, 0.25) is 0 Å². The molecule has 114 valence electrons. The number of benzene rings is 1. The molecule has 0 fully saturated rings. The number of fused-ring (bicyclic) bond motifs is 1. The van der Waals surface area contributed by atoms with Crippen molar-refractivity contribution >= 4 is 49.9 Å². The molecular weight excluding hydrogens is 333 g/mol. The van der Waals surface area contributed by atoms with Crippen LogP contribution in [0.2, 0.25) is 10.0 Å². The molecule has 0 saturated carbocycles. The largest absolute Gasteiger partial charge is 0.357 e. The fourth-order valence-electron chi connectivity index (χ4n) is 1.72. The topological polar surface area (TPSA) is 63.2 Å². The molecule has 0 aliphatic heterocycles. The average molecular weight is 348 g/mol. The SMILES string of the molecule is CCS(=O)(=O)CCN(C)c1cnc2cc(Cl)c(Cl)cc2n1. The van der Waals surface area contributed by atoms with Crippen molar-refractivity contribution in [2.24, 2.45) is 0 Å². The van der Waals surface area contributed by atoms with Crippen LogP contribution in [0, 0.1) is 0 Å². The Kier molecular flexibility index (Phi) is 4.91. The molecule has 0 atom stereocenters. The zero-order chi connectivity index (χ0) is 15.6. The summed E-state index contributed by atoms with van der Waals surface area (Å²) in [7, 11) is -1.23. The van der Waals surface area contributed by atoms with E-state index in [1.165, 1.54) is 0 Å². The molecule has 2 rings (SSSR count). The highest BCUT2D eigenvalue weighted by Gasteiger charge is 2.12. The Hall–Kier alpha value is -1.11. The summed E-state index contributed by atoms with van der Waals surface area (Å²) in [5, 5.41) is 0.834. The van der Waals surface area contributed by atoms with Crippen LogP contribution in [0.25, 0.3) is 11.0 Å². The van der Waals surface area contributed by atoms with E-state index in [4.69, 9.17) is 23.2 Å². The second kappa shape index (κ2) is 6.34. The van der Waals surface area contributed by atoms with Crippen LogP contribution in [0.3, 0.4) is 0 Å². The van der Waals surface area contributed by atoms with Gasteiger partial charge in [0.25, 0.3) is 0 Å². The predicted octanol–water partition coefficient (Wildman–Crippen LogP) is 2.81. The molecule has 0 aliphatic carbocycles. The number of halogens is 2. The van der Waals surface area contributed by atoms with Crippen LogP contribution in [0.15, 0.2) is 18.3 Å². The number of hydrogen-bond donors (Lipinski definition) is 0. The van der Waals surface area contributed by atoms with Crippen LogP contribution < -0.4 is 4.90 Å². The lowest BCUT2D eigenvalue weighted by Gasteiger charge is -2.17. The molecule has 1 heterocycles. The van der Waals surface area contributed by atoms with E-state index in [1.54, 1.807) is 37.2 Å². The number of anilines is 1. The van der Waals surface area contributed by atoms with E-state index < -0.39 is 9.84 Å². The second-order valence-electron chi connectivity index (χ2n) is 4.64. The van der Waals surface area contributed by atoms with Crippen molar-refractivity contribution in [1.82, 2.24) is 9.97 Å². The number of aromatic nitrogens is 2. The summed E-state index contributed by atoms with van der Waals surface area (Å²) in [5.41, 5.74) is 1.26. The van der Waals surface area contributed by atoms with Gasteiger partial charge in [0.05, 0.1) is 33.0 Å². The molecule has 0 unspecified atom stereocenters. The van der Waals surface area contributed by atoms with E-state index in [2.05, 4.69) is 9.97 Å². The summed E-state index contributed by atoms with van der Waals surface area (Å²) < 4.78 is 23.1. The van der Waals surface area contributed by atoms with Crippen LogP contribution in [0.4, 0.5) is 5.82 Å². The van der Waals surface area contributed by atoms with Crippen LogP contribution in [-0.2, 0) is 9.84 Å². The fourth-order valence-corrected chi connectivity index (χ4v) is 2.87. The maximum atomic E-state index is 11.5. The Morgan fingerprint density at radius 3 is 2.43 bits per heavy atom. The van der Waals surface area contributed by atoms with Gasteiger partial charge >= 0.3 is 0 Å². The number of hydrogen-bond acceptors (Lipinski definition) is 5. The quantitative estimate of drug-likeness (QED) is 0.831. The maximum Gasteiger partial charge on any atom is 0.151 e. The van der Waals surface area contributed by atoms with Gasteiger partial charge in [0.1, 0.15) is 5.82 Å². The number of sulfone groups is 1. The number of rotatable bonds is 5. The van der Waals surface area contributed by atoms with Crippen molar-refractivity contribution < 1.29 is 8.42 Å². The highest BCUT2D eigenvalue weighted by atomic mass is 35.5. The normalized spacial score (nSPS) is 11.8. The zero-order valence-electron chi connectivity index (χ0n) is 11.7. The van der Waals surface area contributed by atoms with E-state index in [9.17, 15) is 8.42 Å². The van der Waals surface area contributed by atoms with Gasteiger partial charge in [0.15, 0.2) is 9.84 Å². The van der Waals surface area contributed by atoms with Crippen molar-refractivity contribution in [2.75, 3.05) is 30.0 Å². The van der Waals surface area contributed by atoms with Crippen LogP contribution in [-0.4, -0.2) is 43.5 Å². The van der Waals surface area contributed by atoms with Gasteiger partial charge in [-0.05, 0) is 12.1 Å². The average Bonchev–Trinajstić information content (AvgIpc) is 2.45. The fraction of sp³-hybridized carbons (Fsp3) is 0.385. The molecule has 2 aromatic rings. The first-order valence-electron chi connectivity index (χ1n) is 6.36. The lowest BCUT2D eigenvalue weighted by atomic mass is 10.3. The molecule has 0 amide bonds. The van der Waals surface area contributed by atoms with Crippen LogP contribution >= 0.6 is 23.2 Å². The zero-order valence-corrected chi connectivity index (χ0v) is 14.0. The molecule has 0 bridgehead atoms. The van der Waals surface area contributed by atoms with Gasteiger partial charge < -0.3 is 4.90 Å². The van der Waals surface area contributed by atoms with Gasteiger partial charge in [-0.3, -0.25) is 4.98 Å². The molecule has 5 nitrogen and oxygen atoms in total. The minimum absolute atomic E-state index is 0.0844. The smallest absolute Gasteiger partial charge is 0.151 e. The minimum Gasteiger partial charge on any atom is -0.357 e. The lowest BCUT2D eigenvalue weighted by Crippen LogP contribution is -2.26. The standard InChI is InChI=1S/C13H15Cl2N3O2S/c1-3-21(19,20)5-4-18(2)13-8-16-11-6-9(14)10(15)7-12(11)17-13/h6-8H,3-5H2,1-2H3. The van der Waals surface area contributed by atoms with E-state index in [0.717, 1.165) is 0 Å². The lowest BCUT2D eigenvalue weighted by molar-refractivity contribution is 0.596. The third-order valence-electron chi connectivity index (χ3n) is 3.14. The Bertz CT molecular complexity index is 765. The Morgan fingerprint density at radius 2 is 1.81 bits per heavy atom. The van der Waals surface area contributed by atoms with Crippen LogP contribution in [0.5, 0.6) is 0 Å². The monoisotopic (exact) mass is 347 g/mol. The first-order chi connectivity index (χ1) is 9.82. The molecular formula is C13H15Cl2N3O2S. The molecule has 0 N–H and O–H groups in total. The minimum atomic E-state index is -3.01. The van der Waals surface area contributed by atoms with Crippen molar-refractivity contribution in [3.8, 4) is 0 Å². The molecule has 21 heavy (non-hydrogen) atoms. The first kappa shape index (κ1) is 16.3. The van der Waals surface area contributed by atoms with Gasteiger partial charge in [0, 0.05) is 19.3 Å². The molecule has 0 radical (unpaired) electrons. The summed E-state index contributed by atoms with van der Waals surface area (Å²) in [5.74, 6) is 0.812. The summed E-state index contributed by atoms with van der Waals surface area (Å²) in [4.78, 5) is 10.5. The highest BCUT2D eigenvalue weighted by molar-refractivity contribution is 7.91. The second-order valence-corrected chi connectivity index (χ2v) is 7.93. The first-order valence-corrected chi connectivity index (χ1v) is 8.93. The van der Waals surface area contributed by atoms with Crippen molar-refractivity contribution in [3.05, 3.63) is 28.4 Å². The third-order valence-corrected chi connectivity index (χ3v) is 5.55. The van der Waals surface area contributed by atoms with Crippen molar-refractivity contribution in [3.63, 3.8) is 0 Å². The molecule has 8 heteroatoms. The van der Waals surface area contributed by atoms with E-state index in [1.807, 2.05) is 0 Å². The molecule has 0 spiro atoms. The van der Waals surface area contributed by atoms with Gasteiger partial charge in [-0.1, -0.05) is 30.1 Å². The van der Waals surface area contributed by atoms with Crippen molar-refractivity contribution in [2.45, 2.75) is 6.92 Å². The summed E-state index contributed by atoms with van der Waals surface area (Å²) in [6.45, 7) is 1.99. The molecule has 1 aromatic carbocycles. The summed E-state index contributed by atoms with van der Waals surface area (Å²) in [6.07, 6.45) is 1.59. The van der Waals surface area contributed by atoms with Crippen molar-refractivity contribution in [1.29, 1.82) is 0 Å². The third kappa shape index (κ3) is 3.96. The summed E-state index contributed by atoms with van der Waals surface area (Å²) >= 11 is 11.9. The summed E-state index contributed by atoms with van der Waals surface area (Å²) in [6, 6.07) is 3.30. The Morgan fingerprint density at radius 1 is 1.19 bits per heavy atom. The molecule has 0 aliphatic rings. The van der Waals surface area contributed by atoms with Crippen LogP contribution in [0.1, 0.15) is 6.92 Å². The van der Waals surface area contributed by atoms with Gasteiger partial charge in [-0.2, -0.15) is 0 Å². The van der Waals surface area contributed by atoms with Gasteiger partial charge in [-0.25, -0.2) is 13.4 Å². The van der Waals surface area contributed by atoms with E-state index >= 15 is 0 Å². The van der Waals surface area contributed by atoms with E-state index in [-0.39, 0.29) is 11.5 Å². The maximum absolute atomic E-state index is 11.5. The van der Waals surface area contributed by atoms with E-state index in [0.29, 0.717) is 33.4 Å². The highest BCUT2D eigenvalue weighted by Crippen LogP contribution is 2.26. The molecule has 0 saturated heterocycles. The molecule has 1 aromatic heterocycles. The Balaban J connectivity index is 2.24. The number of nitrogens with zero attached hydrogens (tertiary/aromatic N) is 3. The predicted molar refractivity (Wildman–Crippen MR) is 87.2 cm³/mol.